The third-order valence-electron chi connectivity index (χ3n) is 0.644. The van der Waals surface area contributed by atoms with Gasteiger partial charge in [-0.15, -0.1) is 0 Å². The van der Waals surface area contributed by atoms with Gasteiger partial charge in [0, 0.05) is 7.11 Å². The van der Waals surface area contributed by atoms with Crippen molar-refractivity contribution in [1.29, 1.82) is 0 Å². The number of hydrogen-bond acceptors (Lipinski definition) is 2. The van der Waals surface area contributed by atoms with Gasteiger partial charge >= 0.3 is 0 Å². The fourth-order valence-corrected chi connectivity index (χ4v) is 0.300. The fraction of sp³-hybridized carbons (Fsp3) is 0.500. The van der Waals surface area contributed by atoms with Gasteiger partial charge in [0.05, 0.1) is 20.3 Å². The van der Waals surface area contributed by atoms with Crippen molar-refractivity contribution in [3.8, 4) is 0 Å². The predicted molar refractivity (Wildman–Crippen MR) is 32.3 cm³/mol. The van der Waals surface area contributed by atoms with E-state index in [-0.39, 0.29) is 0 Å². The molecule has 0 aromatic carbocycles. The molecular weight excluding hydrogens is 104 g/mol. The zero-order valence-electron chi connectivity index (χ0n) is 5.09. The molecule has 0 aromatic heterocycles. The molecule has 1 radical (unpaired) electrons. The van der Waals surface area contributed by atoms with Gasteiger partial charge in [-0.3, -0.25) is 0 Å². The van der Waals surface area contributed by atoms with Crippen molar-refractivity contribution in [2.75, 3.05) is 20.3 Å². The van der Waals surface area contributed by atoms with Gasteiger partial charge in [-0.25, -0.2) is 0 Å². The van der Waals surface area contributed by atoms with E-state index in [1.54, 1.807) is 7.11 Å². The highest BCUT2D eigenvalue weighted by Crippen LogP contribution is 1.74. The molecule has 0 unspecified atom stereocenters. The van der Waals surface area contributed by atoms with Crippen molar-refractivity contribution in [3.63, 3.8) is 0 Å². The van der Waals surface area contributed by atoms with Crippen LogP contribution in [-0.4, -0.2) is 20.3 Å². The Bertz CT molecular complexity index is 51.5. The molecular formula is C6H11O2. The summed E-state index contributed by atoms with van der Waals surface area (Å²) in [5, 5.41) is 0. The summed E-state index contributed by atoms with van der Waals surface area (Å²) in [5.41, 5.74) is 0. The Morgan fingerprint density at radius 3 is 2.50 bits per heavy atom. The van der Waals surface area contributed by atoms with E-state index in [9.17, 15) is 0 Å². The molecule has 0 aliphatic heterocycles. The Hall–Kier alpha value is -0.340. The molecule has 0 aliphatic rings. The molecule has 8 heavy (non-hydrogen) atoms. The summed E-state index contributed by atoms with van der Waals surface area (Å²) in [7, 11) is 4.84. The standard InChI is InChI=1S/C6H11O2/c1-7-5-3-4-6-8-2/h3-4H,1,5-6H2,2H3. The highest BCUT2D eigenvalue weighted by atomic mass is 16.5. The first-order valence-electron chi connectivity index (χ1n) is 2.42. The Labute approximate surface area is 50.1 Å². The first-order valence-corrected chi connectivity index (χ1v) is 2.42. The van der Waals surface area contributed by atoms with Crippen LogP contribution in [0.3, 0.4) is 0 Å². The summed E-state index contributed by atoms with van der Waals surface area (Å²) in [4.78, 5) is 0. The molecule has 2 heteroatoms. The monoisotopic (exact) mass is 115 g/mol. The van der Waals surface area contributed by atoms with E-state index in [2.05, 4.69) is 11.8 Å². The van der Waals surface area contributed by atoms with E-state index in [1.807, 2.05) is 12.2 Å². The first-order chi connectivity index (χ1) is 3.91. The quantitative estimate of drug-likeness (QED) is 0.509. The van der Waals surface area contributed by atoms with Crippen molar-refractivity contribution in [1.82, 2.24) is 0 Å². The molecule has 0 atom stereocenters. The van der Waals surface area contributed by atoms with Crippen molar-refractivity contribution in [2.24, 2.45) is 0 Å². The minimum Gasteiger partial charge on any atom is -0.381 e. The second-order valence-electron chi connectivity index (χ2n) is 1.30. The van der Waals surface area contributed by atoms with Crippen LogP contribution in [-0.2, 0) is 9.47 Å². The number of hydrogen-bond donors (Lipinski definition) is 0. The van der Waals surface area contributed by atoms with E-state index >= 15 is 0 Å². The maximum Gasteiger partial charge on any atom is 0.0704 e. The van der Waals surface area contributed by atoms with Gasteiger partial charge in [0.15, 0.2) is 0 Å². The SMILES string of the molecule is [CH2]OCC=CCOC. The van der Waals surface area contributed by atoms with Gasteiger partial charge in [0.2, 0.25) is 0 Å². The van der Waals surface area contributed by atoms with Crippen molar-refractivity contribution in [2.45, 2.75) is 0 Å². The van der Waals surface area contributed by atoms with Gasteiger partial charge < -0.3 is 9.47 Å². The summed E-state index contributed by atoms with van der Waals surface area (Å²) >= 11 is 0. The van der Waals surface area contributed by atoms with Crippen LogP contribution in [0.1, 0.15) is 0 Å². The summed E-state index contributed by atoms with van der Waals surface area (Å²) in [6.45, 7) is 1.20. The van der Waals surface area contributed by atoms with Crippen molar-refractivity contribution < 1.29 is 9.47 Å². The highest BCUT2D eigenvalue weighted by molar-refractivity contribution is 4.80. The van der Waals surface area contributed by atoms with Gasteiger partial charge in [-0.1, -0.05) is 12.2 Å². The third-order valence-corrected chi connectivity index (χ3v) is 0.644. The van der Waals surface area contributed by atoms with E-state index in [0.717, 1.165) is 0 Å². The normalized spacial score (nSPS) is 10.8. The van der Waals surface area contributed by atoms with E-state index in [4.69, 9.17) is 4.74 Å². The average molecular weight is 115 g/mol. The van der Waals surface area contributed by atoms with E-state index < -0.39 is 0 Å². The molecule has 0 aromatic rings. The lowest BCUT2D eigenvalue weighted by Gasteiger charge is -1.87. The Balaban J connectivity index is 2.83. The molecule has 0 fully saturated rings. The van der Waals surface area contributed by atoms with Crippen molar-refractivity contribution in [3.05, 3.63) is 19.3 Å². The zero-order chi connectivity index (χ0) is 6.24. The summed E-state index contributed by atoms with van der Waals surface area (Å²) in [6.07, 6.45) is 3.74. The molecule has 0 spiro atoms. The zero-order valence-corrected chi connectivity index (χ0v) is 5.09. The molecule has 0 amide bonds. The lowest BCUT2D eigenvalue weighted by molar-refractivity contribution is 0.231. The van der Waals surface area contributed by atoms with Gasteiger partial charge in [0.25, 0.3) is 0 Å². The molecule has 0 heterocycles. The van der Waals surface area contributed by atoms with Crippen LogP contribution in [0.2, 0.25) is 0 Å². The Morgan fingerprint density at radius 2 is 2.00 bits per heavy atom. The molecule has 47 valence electrons. The van der Waals surface area contributed by atoms with Crippen LogP contribution >= 0.6 is 0 Å². The van der Waals surface area contributed by atoms with Crippen LogP contribution in [0.4, 0.5) is 0 Å². The lowest BCUT2D eigenvalue weighted by Crippen LogP contribution is -1.83. The lowest BCUT2D eigenvalue weighted by atomic mass is 10.5. The smallest absolute Gasteiger partial charge is 0.0704 e. The van der Waals surface area contributed by atoms with Crippen molar-refractivity contribution >= 4 is 0 Å². The van der Waals surface area contributed by atoms with Gasteiger partial charge in [-0.2, -0.15) is 0 Å². The van der Waals surface area contributed by atoms with Gasteiger partial charge in [0.1, 0.15) is 0 Å². The highest BCUT2D eigenvalue weighted by Gasteiger charge is 1.70. The number of rotatable bonds is 4. The van der Waals surface area contributed by atoms with Crippen LogP contribution < -0.4 is 0 Å². The van der Waals surface area contributed by atoms with Crippen LogP contribution in [0.25, 0.3) is 0 Å². The molecule has 0 aliphatic carbocycles. The minimum atomic E-state index is 0.559. The maximum absolute atomic E-state index is 4.73. The number of ether oxygens (including phenoxy) is 2. The van der Waals surface area contributed by atoms with Gasteiger partial charge in [-0.05, 0) is 0 Å². The largest absolute Gasteiger partial charge is 0.381 e. The molecule has 0 saturated heterocycles. The summed E-state index contributed by atoms with van der Waals surface area (Å²) < 4.78 is 9.22. The topological polar surface area (TPSA) is 18.5 Å². The molecule has 0 rings (SSSR count). The summed E-state index contributed by atoms with van der Waals surface area (Å²) in [5.74, 6) is 0. The van der Waals surface area contributed by atoms with Crippen LogP contribution in [0.5, 0.6) is 0 Å². The average Bonchev–Trinajstić information content (AvgIpc) is 1.81. The second kappa shape index (κ2) is 6.66. The first kappa shape index (κ1) is 7.66. The summed E-state index contributed by atoms with van der Waals surface area (Å²) in [6, 6.07) is 0. The Kier molecular flexibility index (Phi) is 6.38. The Morgan fingerprint density at radius 1 is 1.38 bits per heavy atom. The third kappa shape index (κ3) is 5.66. The predicted octanol–water partition coefficient (Wildman–Crippen LogP) is 0.997. The molecule has 2 nitrogen and oxygen atoms in total. The molecule has 0 saturated carbocycles. The number of methoxy groups -OCH3 is 1. The van der Waals surface area contributed by atoms with Crippen LogP contribution in [0, 0.1) is 7.11 Å². The molecule has 0 N–H and O–H groups in total. The second-order valence-corrected chi connectivity index (χ2v) is 1.30. The molecule has 0 bridgehead atoms. The van der Waals surface area contributed by atoms with E-state index in [1.165, 1.54) is 0 Å². The van der Waals surface area contributed by atoms with E-state index in [0.29, 0.717) is 13.2 Å². The fourth-order valence-electron chi connectivity index (χ4n) is 0.300. The minimum absolute atomic E-state index is 0.559. The van der Waals surface area contributed by atoms with Crippen LogP contribution in [0.15, 0.2) is 12.2 Å². The maximum atomic E-state index is 4.73.